The lowest BCUT2D eigenvalue weighted by molar-refractivity contribution is -0.172. The molecule has 1 aromatic carbocycles. The standard InChI is InChI=1S/C21H31F2N3O3/c1-28-20(27)26-9-6-21(13-26)4-7-25(8-5-21)15-11-18(24)19(29-12-15)16-10-14(22)2-3-17(16)23/h2-3,10,15,18-20,27H,4-9,11-13,24H2,1H3/t15-,18+,19-,20?/m1/s1. The van der Waals surface area contributed by atoms with Gasteiger partial charge in [0.2, 0.25) is 6.41 Å². The Morgan fingerprint density at radius 2 is 1.97 bits per heavy atom. The van der Waals surface area contributed by atoms with Crippen molar-refractivity contribution in [1.29, 1.82) is 0 Å². The summed E-state index contributed by atoms with van der Waals surface area (Å²) in [5.41, 5.74) is 6.76. The molecule has 3 aliphatic rings. The van der Waals surface area contributed by atoms with E-state index >= 15 is 0 Å². The Morgan fingerprint density at radius 3 is 2.66 bits per heavy atom. The van der Waals surface area contributed by atoms with Gasteiger partial charge in [0.05, 0.1) is 6.61 Å². The Labute approximate surface area is 170 Å². The number of nitrogens with zero attached hydrogens (tertiary/aromatic N) is 2. The van der Waals surface area contributed by atoms with Crippen LogP contribution < -0.4 is 5.73 Å². The lowest BCUT2D eigenvalue weighted by Crippen LogP contribution is -2.53. The van der Waals surface area contributed by atoms with Crippen LogP contribution in [-0.2, 0) is 9.47 Å². The molecule has 3 aliphatic heterocycles. The van der Waals surface area contributed by atoms with Crippen molar-refractivity contribution in [3.8, 4) is 0 Å². The maximum Gasteiger partial charge on any atom is 0.215 e. The topological polar surface area (TPSA) is 71.2 Å². The Balaban J connectivity index is 1.32. The highest BCUT2D eigenvalue weighted by atomic mass is 19.1. The van der Waals surface area contributed by atoms with Crippen molar-refractivity contribution < 1.29 is 23.4 Å². The average molecular weight is 411 g/mol. The van der Waals surface area contributed by atoms with E-state index in [4.69, 9.17) is 15.2 Å². The van der Waals surface area contributed by atoms with E-state index in [2.05, 4.69) is 4.90 Å². The van der Waals surface area contributed by atoms with Crippen molar-refractivity contribution in [2.45, 2.75) is 50.3 Å². The van der Waals surface area contributed by atoms with Crippen molar-refractivity contribution in [2.24, 2.45) is 11.1 Å². The van der Waals surface area contributed by atoms with Gasteiger partial charge in [-0.3, -0.25) is 9.80 Å². The first-order valence-electron chi connectivity index (χ1n) is 10.4. The summed E-state index contributed by atoms with van der Waals surface area (Å²) in [6.45, 7) is 4.09. The molecule has 3 fully saturated rings. The van der Waals surface area contributed by atoms with Gasteiger partial charge in [-0.1, -0.05) is 0 Å². The highest BCUT2D eigenvalue weighted by Crippen LogP contribution is 2.42. The molecule has 1 spiro atoms. The van der Waals surface area contributed by atoms with Crippen molar-refractivity contribution in [2.75, 3.05) is 39.9 Å². The summed E-state index contributed by atoms with van der Waals surface area (Å²) >= 11 is 0. The van der Waals surface area contributed by atoms with Gasteiger partial charge in [-0.25, -0.2) is 8.78 Å². The summed E-state index contributed by atoms with van der Waals surface area (Å²) in [5.74, 6) is -0.959. The summed E-state index contributed by atoms with van der Waals surface area (Å²) in [4.78, 5) is 4.41. The SMILES string of the molecule is COC(O)N1CCC2(CCN([C@H]3CO[C@H](c4cc(F)ccc4F)[C@@H](N)C3)CC2)C1. The molecule has 3 N–H and O–H groups in total. The molecule has 0 aliphatic carbocycles. The molecule has 3 saturated heterocycles. The van der Waals surface area contributed by atoms with Crippen LogP contribution in [0.4, 0.5) is 8.78 Å². The number of rotatable bonds is 4. The number of benzene rings is 1. The first kappa shape index (κ1) is 21.1. The molecule has 1 unspecified atom stereocenters. The first-order valence-corrected chi connectivity index (χ1v) is 10.4. The van der Waals surface area contributed by atoms with Gasteiger partial charge in [0.1, 0.15) is 17.7 Å². The van der Waals surface area contributed by atoms with E-state index in [9.17, 15) is 13.9 Å². The van der Waals surface area contributed by atoms with Crippen LogP contribution in [0.5, 0.6) is 0 Å². The van der Waals surface area contributed by atoms with Gasteiger partial charge >= 0.3 is 0 Å². The van der Waals surface area contributed by atoms with E-state index in [-0.39, 0.29) is 23.1 Å². The molecule has 8 heteroatoms. The van der Waals surface area contributed by atoms with Crippen LogP contribution in [0.2, 0.25) is 0 Å². The number of methoxy groups -OCH3 is 1. The second-order valence-electron chi connectivity index (χ2n) is 8.79. The zero-order valence-corrected chi connectivity index (χ0v) is 16.9. The van der Waals surface area contributed by atoms with E-state index in [1.165, 1.54) is 13.2 Å². The summed E-state index contributed by atoms with van der Waals surface area (Å²) in [6, 6.07) is 3.24. The summed E-state index contributed by atoms with van der Waals surface area (Å²) in [5, 5.41) is 9.92. The third-order valence-corrected chi connectivity index (χ3v) is 7.03. The maximum absolute atomic E-state index is 14.1. The lowest BCUT2D eigenvalue weighted by Gasteiger charge is -2.46. The molecule has 3 heterocycles. The minimum absolute atomic E-state index is 0.192. The van der Waals surface area contributed by atoms with E-state index < -0.39 is 24.2 Å². The maximum atomic E-state index is 14.1. The number of hydrogen-bond acceptors (Lipinski definition) is 6. The van der Waals surface area contributed by atoms with Crippen molar-refractivity contribution >= 4 is 0 Å². The van der Waals surface area contributed by atoms with Gasteiger partial charge in [0.15, 0.2) is 0 Å². The molecule has 1 aromatic rings. The van der Waals surface area contributed by atoms with Crippen LogP contribution in [0.1, 0.15) is 37.4 Å². The van der Waals surface area contributed by atoms with Crippen LogP contribution in [0.15, 0.2) is 18.2 Å². The van der Waals surface area contributed by atoms with E-state index in [1.807, 2.05) is 4.90 Å². The highest BCUT2D eigenvalue weighted by molar-refractivity contribution is 5.23. The average Bonchev–Trinajstić information content (AvgIpc) is 3.13. The Morgan fingerprint density at radius 1 is 1.24 bits per heavy atom. The second-order valence-corrected chi connectivity index (χ2v) is 8.79. The van der Waals surface area contributed by atoms with Gasteiger partial charge in [0, 0.05) is 37.8 Å². The van der Waals surface area contributed by atoms with Gasteiger partial charge in [0.25, 0.3) is 0 Å². The van der Waals surface area contributed by atoms with Crippen LogP contribution in [-0.4, -0.2) is 73.3 Å². The summed E-state index contributed by atoms with van der Waals surface area (Å²) in [6.07, 6.45) is 2.46. The van der Waals surface area contributed by atoms with Gasteiger partial charge in [-0.05, 0) is 62.4 Å². The number of likely N-dealkylation sites (tertiary alicyclic amines) is 2. The Kier molecular flexibility index (Phi) is 6.20. The van der Waals surface area contributed by atoms with Crippen molar-refractivity contribution in [3.63, 3.8) is 0 Å². The minimum Gasteiger partial charge on any atom is -0.370 e. The molecule has 6 nitrogen and oxygen atoms in total. The molecule has 162 valence electrons. The molecule has 0 saturated carbocycles. The fourth-order valence-electron chi connectivity index (χ4n) is 5.23. The first-order chi connectivity index (χ1) is 13.9. The summed E-state index contributed by atoms with van der Waals surface area (Å²) < 4.78 is 38.6. The minimum atomic E-state index is -0.822. The van der Waals surface area contributed by atoms with Gasteiger partial charge < -0.3 is 20.3 Å². The summed E-state index contributed by atoms with van der Waals surface area (Å²) in [7, 11) is 1.52. The van der Waals surface area contributed by atoms with Crippen molar-refractivity contribution in [1.82, 2.24) is 9.80 Å². The smallest absolute Gasteiger partial charge is 0.215 e. The fraction of sp³-hybridized carbons (Fsp3) is 0.714. The largest absolute Gasteiger partial charge is 0.370 e. The molecule has 29 heavy (non-hydrogen) atoms. The fourth-order valence-corrected chi connectivity index (χ4v) is 5.23. The van der Waals surface area contributed by atoms with E-state index in [0.717, 1.165) is 57.6 Å². The van der Waals surface area contributed by atoms with Crippen LogP contribution in [0, 0.1) is 17.0 Å². The van der Waals surface area contributed by atoms with Gasteiger partial charge in [-0.15, -0.1) is 0 Å². The number of hydrogen-bond donors (Lipinski definition) is 2. The van der Waals surface area contributed by atoms with Crippen LogP contribution in [0.25, 0.3) is 0 Å². The molecule has 0 amide bonds. The zero-order chi connectivity index (χ0) is 20.6. The van der Waals surface area contributed by atoms with Crippen LogP contribution >= 0.6 is 0 Å². The predicted molar refractivity (Wildman–Crippen MR) is 104 cm³/mol. The number of aliphatic hydroxyl groups excluding tert-OH is 1. The molecule has 4 rings (SSSR count). The molecule has 0 radical (unpaired) electrons. The number of piperidine rings is 1. The third-order valence-electron chi connectivity index (χ3n) is 7.03. The number of aliphatic hydroxyl groups is 1. The molecule has 0 aromatic heterocycles. The second kappa shape index (κ2) is 8.53. The molecule has 0 bridgehead atoms. The quantitative estimate of drug-likeness (QED) is 0.737. The zero-order valence-electron chi connectivity index (χ0n) is 16.9. The Bertz CT molecular complexity index is 714. The molecule has 4 atom stereocenters. The third kappa shape index (κ3) is 4.33. The Hall–Kier alpha value is -1.16. The number of halogens is 2. The normalized spacial score (nSPS) is 32.0. The van der Waals surface area contributed by atoms with Crippen molar-refractivity contribution in [3.05, 3.63) is 35.4 Å². The number of nitrogens with two attached hydrogens (primary N) is 1. The molecular weight excluding hydrogens is 380 g/mol. The van der Waals surface area contributed by atoms with E-state index in [1.54, 1.807) is 0 Å². The highest BCUT2D eigenvalue weighted by Gasteiger charge is 2.44. The predicted octanol–water partition coefficient (Wildman–Crippen LogP) is 1.83. The lowest BCUT2D eigenvalue weighted by atomic mass is 9.77. The van der Waals surface area contributed by atoms with Gasteiger partial charge in [-0.2, -0.15) is 0 Å². The van der Waals surface area contributed by atoms with E-state index in [0.29, 0.717) is 13.0 Å². The van der Waals surface area contributed by atoms with Crippen LogP contribution in [0.3, 0.4) is 0 Å². The molecular formula is C21H31F2N3O3. The monoisotopic (exact) mass is 411 g/mol. The number of ether oxygens (including phenoxy) is 2.